The number of nitrogens with zero attached hydrogens (tertiary/aromatic N) is 4. The van der Waals surface area contributed by atoms with E-state index in [9.17, 15) is 18.5 Å². The standard InChI is InChI=1S/C24H26N6O3S2/c1-6-21(34-23-20(13-25)14(2)11-15(3)26-23)22(31)29-18-7-9-19(10-8-18)35(32,33)30-24-27-16(4)12-17(5)28-24/h7-12,21H,6H2,1-5H3,(H,29,31)(H,27,28,30). The third-order valence-corrected chi connectivity index (χ3v) is 7.68. The molecule has 0 aliphatic rings. The number of amides is 1. The lowest BCUT2D eigenvalue weighted by atomic mass is 10.1. The van der Waals surface area contributed by atoms with Gasteiger partial charge in [-0.25, -0.2) is 28.1 Å². The highest BCUT2D eigenvalue weighted by atomic mass is 32.2. The number of benzene rings is 1. The number of pyridine rings is 1. The molecule has 0 saturated heterocycles. The van der Waals surface area contributed by atoms with E-state index in [2.05, 4.69) is 31.1 Å². The van der Waals surface area contributed by atoms with Crippen LogP contribution >= 0.6 is 11.8 Å². The molecule has 0 saturated carbocycles. The highest BCUT2D eigenvalue weighted by Gasteiger charge is 2.22. The molecule has 1 unspecified atom stereocenters. The van der Waals surface area contributed by atoms with Crippen molar-refractivity contribution in [2.24, 2.45) is 0 Å². The SMILES string of the molecule is CCC(Sc1nc(C)cc(C)c1C#N)C(=O)Nc1ccc(S(=O)(=O)Nc2nc(C)cc(C)n2)cc1. The molecular weight excluding hydrogens is 484 g/mol. The summed E-state index contributed by atoms with van der Waals surface area (Å²) in [7, 11) is -3.90. The summed E-state index contributed by atoms with van der Waals surface area (Å²) in [5.74, 6) is -0.265. The number of sulfonamides is 1. The first kappa shape index (κ1) is 26.1. The second-order valence-electron chi connectivity index (χ2n) is 7.98. The number of aromatic nitrogens is 3. The lowest BCUT2D eigenvalue weighted by Gasteiger charge is -2.16. The Morgan fingerprint density at radius 2 is 1.63 bits per heavy atom. The molecule has 35 heavy (non-hydrogen) atoms. The molecule has 2 N–H and O–H groups in total. The van der Waals surface area contributed by atoms with Gasteiger partial charge in [-0.15, -0.1) is 0 Å². The smallest absolute Gasteiger partial charge is 0.264 e. The third-order valence-electron chi connectivity index (χ3n) is 4.98. The van der Waals surface area contributed by atoms with Crippen molar-refractivity contribution in [2.75, 3.05) is 10.0 Å². The number of rotatable bonds is 8. The number of thioether (sulfide) groups is 1. The number of hydrogen-bond acceptors (Lipinski definition) is 8. The van der Waals surface area contributed by atoms with Gasteiger partial charge in [-0.2, -0.15) is 5.26 Å². The first-order chi connectivity index (χ1) is 16.5. The van der Waals surface area contributed by atoms with Gasteiger partial charge in [0.25, 0.3) is 10.0 Å². The first-order valence-corrected chi connectivity index (χ1v) is 13.2. The molecule has 0 spiro atoms. The van der Waals surface area contributed by atoms with Gasteiger partial charge in [-0.05, 0) is 76.1 Å². The maximum atomic E-state index is 12.9. The molecule has 1 amide bonds. The Hall–Kier alpha value is -3.49. The van der Waals surface area contributed by atoms with Crippen LogP contribution in [0.25, 0.3) is 0 Å². The zero-order chi connectivity index (χ0) is 25.8. The van der Waals surface area contributed by atoms with Crippen LogP contribution in [0.2, 0.25) is 0 Å². The van der Waals surface area contributed by atoms with E-state index in [1.807, 2.05) is 26.8 Å². The van der Waals surface area contributed by atoms with E-state index in [1.165, 1.54) is 36.0 Å². The first-order valence-electron chi connectivity index (χ1n) is 10.8. The summed E-state index contributed by atoms with van der Waals surface area (Å²) in [5.41, 5.74) is 3.79. The van der Waals surface area contributed by atoms with E-state index in [-0.39, 0.29) is 16.8 Å². The second-order valence-corrected chi connectivity index (χ2v) is 10.9. The highest BCUT2D eigenvalue weighted by Crippen LogP contribution is 2.30. The maximum Gasteiger partial charge on any atom is 0.264 e. The number of aryl methyl sites for hydroxylation is 4. The van der Waals surface area contributed by atoms with Gasteiger partial charge < -0.3 is 5.32 Å². The Morgan fingerprint density at radius 1 is 1.03 bits per heavy atom. The predicted octanol–water partition coefficient (Wildman–Crippen LogP) is 4.29. The molecule has 1 atom stereocenters. The van der Waals surface area contributed by atoms with Crippen molar-refractivity contribution in [2.45, 2.75) is 56.2 Å². The fraction of sp³-hybridized carbons (Fsp3) is 0.292. The largest absolute Gasteiger partial charge is 0.325 e. The van der Waals surface area contributed by atoms with Gasteiger partial charge in [0.1, 0.15) is 11.1 Å². The van der Waals surface area contributed by atoms with Crippen LogP contribution < -0.4 is 10.0 Å². The average molecular weight is 511 g/mol. The van der Waals surface area contributed by atoms with E-state index in [0.717, 1.165) is 11.3 Å². The normalized spacial score (nSPS) is 12.0. The van der Waals surface area contributed by atoms with Gasteiger partial charge in [-0.3, -0.25) is 4.79 Å². The third kappa shape index (κ3) is 6.55. The average Bonchev–Trinajstić information content (AvgIpc) is 2.76. The van der Waals surface area contributed by atoms with Crippen molar-refractivity contribution in [3.8, 4) is 6.07 Å². The number of hydrogen-bond donors (Lipinski definition) is 2. The molecule has 9 nitrogen and oxygen atoms in total. The van der Waals surface area contributed by atoms with E-state index >= 15 is 0 Å². The number of anilines is 2. The summed E-state index contributed by atoms with van der Waals surface area (Å²) in [6.07, 6.45) is 0.516. The van der Waals surface area contributed by atoms with Crippen LogP contribution in [0.5, 0.6) is 0 Å². The Labute approximate surface area is 209 Å². The zero-order valence-corrected chi connectivity index (χ0v) is 21.7. The summed E-state index contributed by atoms with van der Waals surface area (Å²) in [4.78, 5) is 25.6. The zero-order valence-electron chi connectivity index (χ0n) is 20.1. The highest BCUT2D eigenvalue weighted by molar-refractivity contribution is 8.00. The monoisotopic (exact) mass is 510 g/mol. The van der Waals surface area contributed by atoms with E-state index < -0.39 is 15.3 Å². The Bertz CT molecular complexity index is 1380. The number of carbonyl (C=O) groups excluding carboxylic acids is 1. The number of carbonyl (C=O) groups is 1. The topological polar surface area (TPSA) is 138 Å². The van der Waals surface area contributed by atoms with Crippen molar-refractivity contribution in [3.63, 3.8) is 0 Å². The lowest BCUT2D eigenvalue weighted by molar-refractivity contribution is -0.115. The maximum absolute atomic E-state index is 12.9. The summed E-state index contributed by atoms with van der Waals surface area (Å²) in [6.45, 7) is 9.07. The number of nitrogens with one attached hydrogen (secondary N) is 2. The molecule has 3 rings (SSSR count). The molecule has 0 fully saturated rings. The van der Waals surface area contributed by atoms with Crippen LogP contribution in [-0.4, -0.2) is 34.5 Å². The minimum Gasteiger partial charge on any atom is -0.325 e. The van der Waals surface area contributed by atoms with Crippen LogP contribution in [0.1, 0.15) is 41.6 Å². The number of nitriles is 1. The van der Waals surface area contributed by atoms with Gasteiger partial charge in [0.05, 0.1) is 15.7 Å². The van der Waals surface area contributed by atoms with E-state index in [1.54, 1.807) is 19.9 Å². The van der Waals surface area contributed by atoms with Gasteiger partial charge in [0, 0.05) is 22.8 Å². The fourth-order valence-electron chi connectivity index (χ4n) is 3.37. The quantitative estimate of drug-likeness (QED) is 0.428. The van der Waals surface area contributed by atoms with Crippen molar-refractivity contribution >= 4 is 39.3 Å². The molecule has 0 bridgehead atoms. The molecule has 0 aliphatic heterocycles. The molecule has 182 valence electrons. The van der Waals surface area contributed by atoms with Crippen LogP contribution in [0.4, 0.5) is 11.6 Å². The van der Waals surface area contributed by atoms with Crippen molar-refractivity contribution < 1.29 is 13.2 Å². The Morgan fingerprint density at radius 3 is 2.20 bits per heavy atom. The summed E-state index contributed by atoms with van der Waals surface area (Å²) in [5, 5.41) is 12.3. The molecule has 2 heterocycles. The van der Waals surface area contributed by atoms with Crippen molar-refractivity contribution in [3.05, 3.63) is 64.6 Å². The van der Waals surface area contributed by atoms with Crippen LogP contribution in [0, 0.1) is 39.0 Å². The molecule has 1 aromatic carbocycles. The molecule has 2 aromatic heterocycles. The predicted molar refractivity (Wildman–Crippen MR) is 136 cm³/mol. The molecule has 11 heteroatoms. The van der Waals surface area contributed by atoms with Crippen molar-refractivity contribution in [1.29, 1.82) is 5.26 Å². The van der Waals surface area contributed by atoms with E-state index in [4.69, 9.17) is 0 Å². The molecule has 3 aromatic rings. The summed E-state index contributed by atoms with van der Waals surface area (Å²) in [6, 6.07) is 11.6. The van der Waals surface area contributed by atoms with Crippen LogP contribution in [0.15, 0.2) is 46.3 Å². The van der Waals surface area contributed by atoms with Gasteiger partial charge in [-0.1, -0.05) is 18.7 Å². The van der Waals surface area contributed by atoms with Crippen LogP contribution in [-0.2, 0) is 14.8 Å². The molecular formula is C24H26N6O3S2. The van der Waals surface area contributed by atoms with Crippen LogP contribution in [0.3, 0.4) is 0 Å². The van der Waals surface area contributed by atoms with E-state index in [0.29, 0.717) is 34.1 Å². The Balaban J connectivity index is 1.73. The molecule has 0 aliphatic carbocycles. The minimum atomic E-state index is -3.90. The van der Waals surface area contributed by atoms with Crippen molar-refractivity contribution in [1.82, 2.24) is 15.0 Å². The van der Waals surface area contributed by atoms with Gasteiger partial charge >= 0.3 is 0 Å². The van der Waals surface area contributed by atoms with Gasteiger partial charge in [0.15, 0.2) is 0 Å². The van der Waals surface area contributed by atoms with Gasteiger partial charge in [0.2, 0.25) is 11.9 Å². The fourth-order valence-corrected chi connectivity index (χ4v) is 5.44. The summed E-state index contributed by atoms with van der Waals surface area (Å²) >= 11 is 1.24. The molecule has 0 radical (unpaired) electrons. The summed E-state index contributed by atoms with van der Waals surface area (Å²) < 4.78 is 27.8. The second kappa shape index (κ2) is 10.8. The Kier molecular flexibility index (Phi) is 8.09. The minimum absolute atomic E-state index is 0.000532. The lowest BCUT2D eigenvalue weighted by Crippen LogP contribution is -2.25.